The van der Waals surface area contributed by atoms with Gasteiger partial charge in [0.1, 0.15) is 46.3 Å². The molecule has 16 heterocycles. The summed E-state index contributed by atoms with van der Waals surface area (Å²) in [6.07, 6.45) is -5.70. The molecule has 636 valence electrons. The van der Waals surface area contributed by atoms with E-state index in [0.29, 0.717) is 241 Å². The summed E-state index contributed by atoms with van der Waals surface area (Å²) in [6, 6.07) is 9.84. The number of hydrogen-bond donors (Lipinski definition) is 4. The fourth-order valence-corrected chi connectivity index (χ4v) is 14.5. The van der Waals surface area contributed by atoms with Gasteiger partial charge >= 0.3 is 0 Å². The first kappa shape index (κ1) is 85.4. The molecule has 16 rings (SSSR count). The summed E-state index contributed by atoms with van der Waals surface area (Å²) in [5.74, 6) is 4.30. The van der Waals surface area contributed by atoms with E-state index in [4.69, 9.17) is 80.8 Å². The Balaban J connectivity index is 0.000000136. The van der Waals surface area contributed by atoms with Gasteiger partial charge in [0.2, 0.25) is 35.7 Å². The Labute approximate surface area is 676 Å². The molecule has 0 radical (unpaired) electrons. The van der Waals surface area contributed by atoms with E-state index in [0.717, 1.165) is 0 Å². The van der Waals surface area contributed by atoms with E-state index in [-0.39, 0.29) is 93.2 Å². The topological polar surface area (TPSA) is 384 Å². The van der Waals surface area contributed by atoms with E-state index >= 15 is 0 Å². The maximum Gasteiger partial charge on any atom is 0.281 e. The van der Waals surface area contributed by atoms with Crippen LogP contribution in [-0.4, -0.2) is 277 Å². The molecule has 8 N–H and O–H groups in total. The molecule has 8 aliphatic rings. The second-order valence-electron chi connectivity index (χ2n) is 29.2. The molecule has 0 spiro atoms. The van der Waals surface area contributed by atoms with Gasteiger partial charge in [-0.25, -0.2) is 85.0 Å². The van der Waals surface area contributed by atoms with Crippen LogP contribution < -0.4 is 62.1 Å². The van der Waals surface area contributed by atoms with Crippen molar-refractivity contribution in [3.8, 4) is 45.0 Å². The smallest absolute Gasteiger partial charge is 0.281 e. The first-order valence-electron chi connectivity index (χ1n) is 39.1. The minimum atomic E-state index is -2.81. The third-order valence-corrected chi connectivity index (χ3v) is 20.9. The van der Waals surface area contributed by atoms with Crippen LogP contribution in [0.3, 0.4) is 0 Å². The van der Waals surface area contributed by atoms with Gasteiger partial charge in [0, 0.05) is 148 Å². The van der Waals surface area contributed by atoms with Crippen molar-refractivity contribution in [3.63, 3.8) is 0 Å². The first-order chi connectivity index (χ1) is 56.9. The molecule has 0 unspecified atom stereocenters. The van der Waals surface area contributed by atoms with Gasteiger partial charge in [-0.2, -0.15) is 19.9 Å². The van der Waals surface area contributed by atoms with Crippen molar-refractivity contribution in [1.29, 1.82) is 0 Å². The zero-order valence-electron chi connectivity index (χ0n) is 66.4. The molecule has 118 heavy (non-hydrogen) atoms. The molecule has 8 aliphatic heterocycles. The summed E-state index contributed by atoms with van der Waals surface area (Å²) in [6.45, 7) is 27.7. The lowest BCUT2D eigenvalue weighted by molar-refractivity contribution is 0.0971. The van der Waals surface area contributed by atoms with Crippen molar-refractivity contribution < 1.29 is 73.0 Å². The molecule has 0 aromatic carbocycles. The van der Waals surface area contributed by atoms with Crippen molar-refractivity contribution in [2.45, 2.75) is 103 Å². The number of morpholine rings is 8. The van der Waals surface area contributed by atoms with E-state index in [1.54, 1.807) is 24.3 Å². The fourth-order valence-electron chi connectivity index (χ4n) is 14.5. The molecule has 8 aromatic rings. The number of nitrogens with zero attached hydrogens (tertiary/aromatic N) is 22. The lowest BCUT2D eigenvalue weighted by Gasteiger charge is -2.37. The van der Waals surface area contributed by atoms with Gasteiger partial charge in [-0.1, -0.05) is 0 Å². The van der Waals surface area contributed by atoms with Crippen LogP contribution >= 0.6 is 0 Å². The van der Waals surface area contributed by atoms with E-state index in [1.165, 1.54) is 36.9 Å². The summed E-state index contributed by atoms with van der Waals surface area (Å²) in [7, 11) is 0. The molecule has 8 saturated heterocycles. The fraction of sp³-hybridized carbons (Fsp3) is 0.553. The van der Waals surface area contributed by atoms with Crippen molar-refractivity contribution in [2.24, 2.45) is 0 Å². The van der Waals surface area contributed by atoms with Gasteiger partial charge in [0.15, 0.2) is 0 Å². The van der Waals surface area contributed by atoms with Crippen LogP contribution in [0.2, 0.25) is 0 Å². The van der Waals surface area contributed by atoms with Crippen LogP contribution in [0.25, 0.3) is 45.0 Å². The van der Waals surface area contributed by atoms with E-state index in [2.05, 4.69) is 69.4 Å². The maximum atomic E-state index is 13.7. The van der Waals surface area contributed by atoms with Crippen molar-refractivity contribution in [2.75, 3.05) is 233 Å². The Morgan fingerprint density at radius 3 is 0.822 bits per heavy atom. The lowest BCUT2D eigenvalue weighted by atomic mass is 10.1. The van der Waals surface area contributed by atoms with Gasteiger partial charge < -0.3 is 100 Å². The van der Waals surface area contributed by atoms with Crippen LogP contribution in [0.4, 0.5) is 106 Å². The standard InChI is InChI=1S/C20H26F2N6O2.C19H25F2N7O2.C19H24F2N6O2.C18H23F2N7O2/c1-12-10-29-5-3-27(12)18-8-16(15-9-24-17(23)7-14(15)19(21)22)25-20(26-18)28-4-6-30-11-13(28)2;1-11-9-29-5-3-27(11)15-7-14(13-8-23-18(22)26-16(13)17(20)21)24-19(25-15)28-4-6-30-10-12(28)2;1-12-11-29-7-4-27(12)17-9-15(14-10-23-16(22)8-13(14)18(20)21)24-19(25-17)26-2-5-28-6-3-26;1-11-10-29-7-4-27(11)14-8-13(12-9-22-17(21)25-15(12)16(19)20)23-18(24-14)26-2-5-28-6-3-26/h7-9,12-13,19H,3-6,10-11H2,1-2H3,(H2,23,24);7-8,11-12,17H,3-6,9-10H2,1-2H3,(H2,22,23,26);8-10,12,18H,2-7,11H2,1H3,(H2,22,23);8-9,11,16H,2-7,10H2,1H3,(H2,21,22,25)/t12-,13-;11-,12-;12-;11-/m0000/s1. The van der Waals surface area contributed by atoms with E-state index in [9.17, 15) is 35.1 Å². The molecule has 0 saturated carbocycles. The predicted molar refractivity (Wildman–Crippen MR) is 426 cm³/mol. The highest BCUT2D eigenvalue weighted by Crippen LogP contribution is 2.40. The van der Waals surface area contributed by atoms with Gasteiger partial charge in [-0.3, -0.25) is 0 Å². The average Bonchev–Trinajstić information content (AvgIpc) is 0.801. The monoisotopic (exact) mass is 1650 g/mol. The van der Waals surface area contributed by atoms with Gasteiger partial charge in [-0.15, -0.1) is 0 Å². The Bertz CT molecular complexity index is 4310. The van der Waals surface area contributed by atoms with Crippen LogP contribution in [0.1, 0.15) is 89.8 Å². The molecule has 0 amide bonds. The number of pyridine rings is 2. The van der Waals surface area contributed by atoms with Crippen molar-refractivity contribution in [1.82, 2.24) is 69.8 Å². The molecular weight excluding hydrogens is 1560 g/mol. The van der Waals surface area contributed by atoms with Crippen LogP contribution in [0.15, 0.2) is 61.2 Å². The molecule has 34 nitrogen and oxygen atoms in total. The molecule has 0 bridgehead atoms. The molecule has 8 aromatic heterocycles. The van der Waals surface area contributed by atoms with Crippen LogP contribution in [0, 0.1) is 0 Å². The molecule has 6 atom stereocenters. The molecular formula is C76H98F8N26O8. The van der Waals surface area contributed by atoms with E-state index < -0.39 is 37.1 Å². The number of alkyl halides is 8. The largest absolute Gasteiger partial charge is 0.384 e. The SMILES string of the molecule is C[C@H]1COCCN1c1cc(-c2cnc(N)cc2C(F)F)nc(N2CCOCC2)n1.C[C@H]1COCCN1c1cc(-c2cnc(N)cc2C(F)F)nc(N2CCOC[C@@H]2C)n1.C[C@H]1COCCN1c1cc(-c2cnc(N)nc2C(F)F)nc(N2CCOCC2)n1.C[C@H]1COCCN1c1cc(-c2cnc(N)nc2C(F)F)nc(N2CCOC[C@@H]2C)n1. The third-order valence-electron chi connectivity index (χ3n) is 20.9. The lowest BCUT2D eigenvalue weighted by Crippen LogP contribution is -2.46. The number of ether oxygens (including phenoxy) is 8. The highest BCUT2D eigenvalue weighted by molar-refractivity contribution is 5.73. The summed E-state index contributed by atoms with van der Waals surface area (Å²) in [5, 5.41) is 0. The summed E-state index contributed by atoms with van der Waals surface area (Å²) in [4.78, 5) is 77.4. The predicted octanol–water partition coefficient (Wildman–Crippen LogP) is 8.05. The minimum absolute atomic E-state index is 0.0483. The van der Waals surface area contributed by atoms with Crippen molar-refractivity contribution in [3.05, 3.63) is 83.7 Å². The molecule has 8 fully saturated rings. The normalized spacial score (nSPS) is 21.5. The zero-order valence-corrected chi connectivity index (χ0v) is 66.4. The average molecular weight is 1660 g/mol. The Hall–Kier alpha value is -10.5. The zero-order chi connectivity index (χ0) is 83.3. The summed E-state index contributed by atoms with van der Waals surface area (Å²) >= 11 is 0. The number of aromatic nitrogens is 14. The minimum Gasteiger partial charge on any atom is -0.384 e. The van der Waals surface area contributed by atoms with Crippen molar-refractivity contribution >= 4 is 70.6 Å². The van der Waals surface area contributed by atoms with Gasteiger partial charge in [0.05, 0.1) is 165 Å². The molecule has 0 aliphatic carbocycles. The summed E-state index contributed by atoms with van der Waals surface area (Å²) < 4.78 is 153. The van der Waals surface area contributed by atoms with E-state index in [1.807, 2.05) is 61.1 Å². The second kappa shape index (κ2) is 39.4. The number of hydrogen-bond acceptors (Lipinski definition) is 34. The number of rotatable bonds is 16. The first-order valence-corrected chi connectivity index (χ1v) is 39.1. The van der Waals surface area contributed by atoms with Gasteiger partial charge in [-0.05, 0) is 53.7 Å². The van der Waals surface area contributed by atoms with Crippen LogP contribution in [0.5, 0.6) is 0 Å². The Morgan fingerprint density at radius 1 is 0.288 bits per heavy atom. The quantitative estimate of drug-likeness (QED) is 0.0664. The summed E-state index contributed by atoms with van der Waals surface area (Å²) in [5.41, 5.74) is 23.4. The Kier molecular flexibility index (Phi) is 28.5. The third kappa shape index (κ3) is 20.8. The molecule has 42 heteroatoms. The highest BCUT2D eigenvalue weighted by atomic mass is 19.3. The van der Waals surface area contributed by atoms with Gasteiger partial charge in [0.25, 0.3) is 25.7 Å². The highest BCUT2D eigenvalue weighted by Gasteiger charge is 2.34. The second-order valence-corrected chi connectivity index (χ2v) is 29.2. The number of halogens is 8. The van der Waals surface area contributed by atoms with Crippen LogP contribution in [-0.2, 0) is 37.9 Å². The maximum absolute atomic E-state index is 13.7. The number of nitrogen functional groups attached to an aromatic ring is 4. The number of anilines is 12. The Morgan fingerprint density at radius 2 is 0.542 bits per heavy atom. The number of nitrogens with two attached hydrogens (primary N) is 4.